The highest BCUT2D eigenvalue weighted by atomic mass is 35.5. The van der Waals surface area contributed by atoms with Crippen molar-refractivity contribution in [1.29, 1.82) is 0 Å². The monoisotopic (exact) mass is 211 g/mol. The number of amides is 1. The Kier molecular flexibility index (Phi) is 3.33. The van der Waals surface area contributed by atoms with Crippen molar-refractivity contribution in [3.05, 3.63) is 35.4 Å². The molecule has 0 saturated carbocycles. The fourth-order valence-electron chi connectivity index (χ4n) is 1.39. The summed E-state index contributed by atoms with van der Waals surface area (Å²) in [7, 11) is 0. The standard InChI is InChI=1S/C9H9N3O.ClH/c10-5-8-6-3-1-2-4-7(6)9(13)12-11-8;/h1-4,8H,5,10H2;1H. The van der Waals surface area contributed by atoms with Crippen LogP contribution in [-0.2, 0) is 0 Å². The maximum Gasteiger partial charge on any atom is 0.295 e. The molecule has 1 aliphatic heterocycles. The van der Waals surface area contributed by atoms with E-state index in [1.807, 2.05) is 18.2 Å². The summed E-state index contributed by atoms with van der Waals surface area (Å²) < 4.78 is 0. The average molecular weight is 212 g/mol. The van der Waals surface area contributed by atoms with Gasteiger partial charge in [0.05, 0.1) is 0 Å². The topological polar surface area (TPSA) is 67.8 Å². The van der Waals surface area contributed by atoms with Gasteiger partial charge in [-0.15, -0.1) is 17.5 Å². The van der Waals surface area contributed by atoms with E-state index in [1.165, 1.54) is 0 Å². The lowest BCUT2D eigenvalue weighted by Crippen LogP contribution is -2.17. The van der Waals surface area contributed by atoms with E-state index in [-0.39, 0.29) is 24.4 Å². The third-order valence-electron chi connectivity index (χ3n) is 2.06. The summed E-state index contributed by atoms with van der Waals surface area (Å²) in [4.78, 5) is 11.2. The molecular weight excluding hydrogens is 202 g/mol. The number of hydrogen-bond donors (Lipinski definition) is 1. The molecule has 14 heavy (non-hydrogen) atoms. The van der Waals surface area contributed by atoms with Gasteiger partial charge < -0.3 is 5.73 Å². The fraction of sp³-hybridized carbons (Fsp3) is 0.222. The van der Waals surface area contributed by atoms with Gasteiger partial charge in [-0.1, -0.05) is 18.2 Å². The minimum absolute atomic E-state index is 0. The number of nitrogens with zero attached hydrogens (tertiary/aromatic N) is 2. The normalized spacial score (nSPS) is 18.6. The summed E-state index contributed by atoms with van der Waals surface area (Å²) in [6, 6.07) is 7.14. The molecule has 5 heteroatoms. The lowest BCUT2D eigenvalue weighted by molar-refractivity contribution is 0.0985. The lowest BCUT2D eigenvalue weighted by atomic mass is 9.99. The molecule has 4 nitrogen and oxygen atoms in total. The largest absolute Gasteiger partial charge is 0.328 e. The van der Waals surface area contributed by atoms with Crippen LogP contribution in [0.25, 0.3) is 0 Å². The minimum atomic E-state index is -0.277. The molecule has 1 heterocycles. The van der Waals surface area contributed by atoms with Gasteiger partial charge in [-0.3, -0.25) is 4.79 Å². The van der Waals surface area contributed by atoms with E-state index in [0.717, 1.165) is 5.56 Å². The van der Waals surface area contributed by atoms with E-state index in [0.29, 0.717) is 12.1 Å². The second-order valence-electron chi connectivity index (χ2n) is 2.86. The number of azo groups is 1. The van der Waals surface area contributed by atoms with Crippen molar-refractivity contribution in [3.63, 3.8) is 0 Å². The molecule has 0 aliphatic carbocycles. The van der Waals surface area contributed by atoms with Crippen LogP contribution in [0.2, 0.25) is 0 Å². The van der Waals surface area contributed by atoms with Crippen LogP contribution in [0.3, 0.4) is 0 Å². The van der Waals surface area contributed by atoms with Crippen LogP contribution in [0.1, 0.15) is 22.0 Å². The minimum Gasteiger partial charge on any atom is -0.328 e. The maximum atomic E-state index is 11.2. The fourth-order valence-corrected chi connectivity index (χ4v) is 1.39. The number of fused-ring (bicyclic) bond motifs is 1. The molecule has 1 aromatic carbocycles. The molecule has 0 fully saturated rings. The quantitative estimate of drug-likeness (QED) is 0.769. The molecule has 74 valence electrons. The molecular formula is C9H10ClN3O. The summed E-state index contributed by atoms with van der Waals surface area (Å²) in [6.07, 6.45) is 0. The number of halogens is 1. The van der Waals surface area contributed by atoms with Crippen molar-refractivity contribution < 1.29 is 4.79 Å². The first-order chi connectivity index (χ1) is 6.33. The van der Waals surface area contributed by atoms with Gasteiger partial charge in [0, 0.05) is 12.1 Å². The van der Waals surface area contributed by atoms with Crippen LogP contribution < -0.4 is 5.73 Å². The predicted molar refractivity (Wildman–Crippen MR) is 54.7 cm³/mol. The van der Waals surface area contributed by atoms with Gasteiger partial charge in [0.1, 0.15) is 6.04 Å². The van der Waals surface area contributed by atoms with Gasteiger partial charge in [0.15, 0.2) is 0 Å². The lowest BCUT2D eigenvalue weighted by Gasteiger charge is -2.15. The highest BCUT2D eigenvalue weighted by molar-refractivity contribution is 5.96. The molecule has 2 rings (SSSR count). The average Bonchev–Trinajstić information content (AvgIpc) is 2.19. The molecule has 1 aromatic rings. The molecule has 0 saturated heterocycles. The van der Waals surface area contributed by atoms with Crippen LogP contribution in [0.5, 0.6) is 0 Å². The zero-order valence-corrected chi connectivity index (χ0v) is 8.20. The Labute approximate surface area is 87.6 Å². The van der Waals surface area contributed by atoms with Crippen molar-refractivity contribution in [2.75, 3.05) is 6.54 Å². The number of carbonyl (C=O) groups is 1. The molecule has 1 unspecified atom stereocenters. The number of carbonyl (C=O) groups excluding carboxylic acids is 1. The summed E-state index contributed by atoms with van der Waals surface area (Å²) in [5.41, 5.74) is 7.00. The van der Waals surface area contributed by atoms with Crippen LogP contribution in [-0.4, -0.2) is 12.5 Å². The van der Waals surface area contributed by atoms with E-state index >= 15 is 0 Å². The van der Waals surface area contributed by atoms with Crippen molar-refractivity contribution in [2.45, 2.75) is 6.04 Å². The Morgan fingerprint density at radius 1 is 1.36 bits per heavy atom. The number of benzene rings is 1. The van der Waals surface area contributed by atoms with Gasteiger partial charge >= 0.3 is 0 Å². The Hall–Kier alpha value is -1.26. The van der Waals surface area contributed by atoms with Crippen molar-refractivity contribution in [2.24, 2.45) is 16.0 Å². The number of rotatable bonds is 1. The highest BCUT2D eigenvalue weighted by Crippen LogP contribution is 2.25. The smallest absolute Gasteiger partial charge is 0.295 e. The Morgan fingerprint density at radius 3 is 2.79 bits per heavy atom. The van der Waals surface area contributed by atoms with Gasteiger partial charge in [-0.25, -0.2) is 0 Å². The summed E-state index contributed by atoms with van der Waals surface area (Å²) in [5.74, 6) is -0.277. The molecule has 0 radical (unpaired) electrons. The van der Waals surface area contributed by atoms with Crippen LogP contribution in [0.4, 0.5) is 0 Å². The van der Waals surface area contributed by atoms with Crippen molar-refractivity contribution in [3.8, 4) is 0 Å². The second-order valence-corrected chi connectivity index (χ2v) is 2.86. The second kappa shape index (κ2) is 4.30. The molecule has 0 spiro atoms. The first-order valence-electron chi connectivity index (χ1n) is 4.07. The molecule has 0 aromatic heterocycles. The van der Waals surface area contributed by atoms with Crippen LogP contribution in [0.15, 0.2) is 34.5 Å². The van der Waals surface area contributed by atoms with Gasteiger partial charge in [0.2, 0.25) is 0 Å². The Balaban J connectivity index is 0.000000980. The molecule has 1 aliphatic rings. The first kappa shape index (κ1) is 10.8. The van der Waals surface area contributed by atoms with Crippen molar-refractivity contribution >= 4 is 18.3 Å². The molecule has 1 amide bonds. The SMILES string of the molecule is Cl.NCC1N=NC(=O)c2ccccc21. The highest BCUT2D eigenvalue weighted by Gasteiger charge is 2.21. The van der Waals surface area contributed by atoms with E-state index in [4.69, 9.17) is 5.73 Å². The summed E-state index contributed by atoms with van der Waals surface area (Å²) in [5, 5.41) is 7.35. The Morgan fingerprint density at radius 2 is 2.07 bits per heavy atom. The van der Waals surface area contributed by atoms with Gasteiger partial charge in [-0.2, -0.15) is 5.11 Å². The maximum absolute atomic E-state index is 11.2. The molecule has 0 bridgehead atoms. The van der Waals surface area contributed by atoms with E-state index in [9.17, 15) is 4.79 Å². The van der Waals surface area contributed by atoms with E-state index < -0.39 is 0 Å². The van der Waals surface area contributed by atoms with Gasteiger partial charge in [0.25, 0.3) is 5.91 Å². The zero-order valence-electron chi connectivity index (χ0n) is 7.38. The van der Waals surface area contributed by atoms with E-state index in [1.54, 1.807) is 6.07 Å². The first-order valence-corrected chi connectivity index (χ1v) is 4.07. The molecule has 1 atom stereocenters. The summed E-state index contributed by atoms with van der Waals surface area (Å²) in [6.45, 7) is 0.383. The van der Waals surface area contributed by atoms with Crippen molar-refractivity contribution in [1.82, 2.24) is 0 Å². The molecule has 2 N–H and O–H groups in total. The van der Waals surface area contributed by atoms with Crippen LogP contribution >= 0.6 is 12.4 Å². The van der Waals surface area contributed by atoms with Crippen LogP contribution in [0, 0.1) is 0 Å². The third kappa shape index (κ3) is 1.66. The van der Waals surface area contributed by atoms with Gasteiger partial charge in [-0.05, 0) is 11.6 Å². The Bertz CT molecular complexity index is 378. The number of nitrogens with two attached hydrogens (primary N) is 1. The third-order valence-corrected chi connectivity index (χ3v) is 2.06. The summed E-state index contributed by atoms with van der Waals surface area (Å²) >= 11 is 0. The zero-order chi connectivity index (χ0) is 9.26. The van der Waals surface area contributed by atoms with E-state index in [2.05, 4.69) is 10.2 Å². The number of hydrogen-bond acceptors (Lipinski definition) is 3. The predicted octanol–water partition coefficient (Wildman–Crippen LogP) is 1.71.